The third-order valence-electron chi connectivity index (χ3n) is 3.34. The number of nitrogens with one attached hydrogen (secondary N) is 1. The zero-order valence-corrected chi connectivity index (χ0v) is 13.3. The van der Waals surface area contributed by atoms with Crippen molar-refractivity contribution in [2.75, 3.05) is 18.0 Å². The molecule has 1 N–H and O–H groups in total. The summed E-state index contributed by atoms with van der Waals surface area (Å²) in [4.78, 5) is 7.10. The molecule has 1 aliphatic heterocycles. The molecular weight excluding hydrogens is 250 g/mol. The monoisotopic (exact) mass is 277 g/mol. The van der Waals surface area contributed by atoms with Crippen LogP contribution in [-0.4, -0.2) is 35.8 Å². The Kier molecular flexibility index (Phi) is 4.66. The lowest BCUT2D eigenvalue weighted by Crippen LogP contribution is -2.46. The smallest absolute Gasteiger partial charge is 0.129 e. The van der Waals surface area contributed by atoms with Gasteiger partial charge in [0.25, 0.3) is 0 Å². The second kappa shape index (κ2) is 6.10. The van der Waals surface area contributed by atoms with Crippen molar-refractivity contribution in [1.29, 1.82) is 0 Å². The van der Waals surface area contributed by atoms with Gasteiger partial charge in [0.15, 0.2) is 0 Å². The molecule has 0 saturated carbocycles. The number of anilines is 1. The van der Waals surface area contributed by atoms with Gasteiger partial charge in [-0.15, -0.1) is 0 Å². The summed E-state index contributed by atoms with van der Waals surface area (Å²) in [5, 5.41) is 3.48. The Hall–Kier alpha value is -1.13. The molecule has 0 aromatic carbocycles. The van der Waals surface area contributed by atoms with Crippen LogP contribution in [0.5, 0.6) is 0 Å². The van der Waals surface area contributed by atoms with Crippen molar-refractivity contribution in [3.05, 3.63) is 23.9 Å². The molecule has 112 valence electrons. The van der Waals surface area contributed by atoms with Gasteiger partial charge in [0.1, 0.15) is 5.82 Å². The van der Waals surface area contributed by atoms with Crippen molar-refractivity contribution in [3.8, 4) is 0 Å². The highest BCUT2D eigenvalue weighted by molar-refractivity contribution is 5.40. The molecule has 0 aliphatic carbocycles. The van der Waals surface area contributed by atoms with E-state index >= 15 is 0 Å². The molecule has 20 heavy (non-hydrogen) atoms. The van der Waals surface area contributed by atoms with Crippen LogP contribution in [0.25, 0.3) is 0 Å². The molecule has 0 spiro atoms. The van der Waals surface area contributed by atoms with Crippen LogP contribution >= 0.6 is 0 Å². The van der Waals surface area contributed by atoms with Gasteiger partial charge in [-0.3, -0.25) is 0 Å². The summed E-state index contributed by atoms with van der Waals surface area (Å²) in [5.41, 5.74) is 1.20. The minimum Gasteiger partial charge on any atom is -0.372 e. The molecule has 4 nitrogen and oxygen atoms in total. The third kappa shape index (κ3) is 4.46. The van der Waals surface area contributed by atoms with E-state index in [1.165, 1.54) is 0 Å². The van der Waals surface area contributed by atoms with Crippen LogP contribution < -0.4 is 10.2 Å². The molecular formula is C16H27N3O. The number of ether oxygens (including phenoxy) is 1. The van der Waals surface area contributed by atoms with Crippen molar-refractivity contribution in [2.24, 2.45) is 0 Å². The first kappa shape index (κ1) is 15.3. The number of rotatable bonds is 3. The second-order valence-electron chi connectivity index (χ2n) is 6.75. The van der Waals surface area contributed by atoms with E-state index in [2.05, 4.69) is 63.0 Å². The topological polar surface area (TPSA) is 37.4 Å². The van der Waals surface area contributed by atoms with Crippen LogP contribution in [0.4, 0.5) is 5.82 Å². The van der Waals surface area contributed by atoms with Crippen LogP contribution in [0, 0.1) is 0 Å². The lowest BCUT2D eigenvalue weighted by Gasteiger charge is -2.36. The number of hydrogen-bond donors (Lipinski definition) is 1. The van der Waals surface area contributed by atoms with E-state index in [1.54, 1.807) is 0 Å². The molecule has 1 saturated heterocycles. The maximum atomic E-state index is 5.78. The van der Waals surface area contributed by atoms with Gasteiger partial charge in [-0.1, -0.05) is 6.07 Å². The number of hydrogen-bond acceptors (Lipinski definition) is 4. The molecule has 2 atom stereocenters. The summed E-state index contributed by atoms with van der Waals surface area (Å²) in [6.07, 6.45) is 0.522. The van der Waals surface area contributed by atoms with Gasteiger partial charge in [0, 0.05) is 25.2 Å². The predicted molar refractivity (Wildman–Crippen MR) is 83.1 cm³/mol. The van der Waals surface area contributed by atoms with Crippen LogP contribution in [0.1, 0.15) is 40.3 Å². The number of pyridine rings is 1. The van der Waals surface area contributed by atoms with Crippen LogP contribution in [-0.2, 0) is 11.3 Å². The van der Waals surface area contributed by atoms with Gasteiger partial charge < -0.3 is 15.0 Å². The Morgan fingerprint density at radius 3 is 2.50 bits per heavy atom. The minimum atomic E-state index is 0.111. The fourth-order valence-electron chi connectivity index (χ4n) is 2.46. The first-order valence-electron chi connectivity index (χ1n) is 7.45. The highest BCUT2D eigenvalue weighted by atomic mass is 16.5. The molecule has 1 aromatic heterocycles. The quantitative estimate of drug-likeness (QED) is 0.921. The van der Waals surface area contributed by atoms with Gasteiger partial charge in [0.2, 0.25) is 0 Å². The second-order valence-corrected chi connectivity index (χ2v) is 6.75. The van der Waals surface area contributed by atoms with Gasteiger partial charge in [0.05, 0.1) is 17.9 Å². The summed E-state index contributed by atoms with van der Waals surface area (Å²) >= 11 is 0. The van der Waals surface area contributed by atoms with E-state index in [0.717, 1.165) is 31.1 Å². The van der Waals surface area contributed by atoms with Gasteiger partial charge in [-0.2, -0.15) is 0 Å². The Morgan fingerprint density at radius 1 is 1.25 bits per heavy atom. The van der Waals surface area contributed by atoms with Crippen LogP contribution in [0.2, 0.25) is 0 Å². The van der Waals surface area contributed by atoms with Crippen molar-refractivity contribution in [2.45, 2.75) is 58.9 Å². The predicted octanol–water partition coefficient (Wildman–Crippen LogP) is 2.58. The standard InChI is InChI=1S/C16H27N3O/c1-12-10-19(11-13(2)20-12)15-8-6-7-14(18-15)9-17-16(3,4)5/h6-8,12-13,17H,9-11H2,1-5H3. The molecule has 0 radical (unpaired) electrons. The lowest BCUT2D eigenvalue weighted by molar-refractivity contribution is -0.00546. The van der Waals surface area contributed by atoms with Gasteiger partial charge in [-0.25, -0.2) is 4.98 Å². The molecule has 2 heterocycles. The molecule has 1 fully saturated rings. The van der Waals surface area contributed by atoms with Crippen LogP contribution in [0.3, 0.4) is 0 Å². The molecule has 2 rings (SSSR count). The van der Waals surface area contributed by atoms with Crippen molar-refractivity contribution in [3.63, 3.8) is 0 Å². The zero-order chi connectivity index (χ0) is 14.8. The molecule has 4 heteroatoms. The number of nitrogens with zero attached hydrogens (tertiary/aromatic N) is 2. The molecule has 1 aromatic rings. The summed E-state index contributed by atoms with van der Waals surface area (Å²) in [5.74, 6) is 1.06. The van der Waals surface area contributed by atoms with Crippen molar-refractivity contribution < 1.29 is 4.74 Å². The Labute approximate surface area is 122 Å². The maximum absolute atomic E-state index is 5.78. The zero-order valence-electron chi connectivity index (χ0n) is 13.3. The highest BCUT2D eigenvalue weighted by Crippen LogP contribution is 2.18. The molecule has 1 aliphatic rings. The largest absolute Gasteiger partial charge is 0.372 e. The van der Waals surface area contributed by atoms with Crippen molar-refractivity contribution >= 4 is 5.82 Å². The first-order chi connectivity index (χ1) is 9.33. The van der Waals surface area contributed by atoms with E-state index < -0.39 is 0 Å². The van der Waals surface area contributed by atoms with E-state index in [0.29, 0.717) is 0 Å². The SMILES string of the molecule is CC1CN(c2cccc(CNC(C)(C)C)n2)CC(C)O1. The maximum Gasteiger partial charge on any atom is 0.129 e. The van der Waals surface area contributed by atoms with E-state index in [1.807, 2.05) is 0 Å². The Bertz CT molecular complexity index is 432. The van der Waals surface area contributed by atoms with E-state index in [-0.39, 0.29) is 17.7 Å². The Balaban J connectivity index is 2.05. The number of morpholine rings is 1. The third-order valence-corrected chi connectivity index (χ3v) is 3.34. The average Bonchev–Trinajstić information content (AvgIpc) is 2.35. The summed E-state index contributed by atoms with van der Waals surface area (Å²) in [7, 11) is 0. The minimum absolute atomic E-state index is 0.111. The first-order valence-corrected chi connectivity index (χ1v) is 7.45. The fourth-order valence-corrected chi connectivity index (χ4v) is 2.46. The summed E-state index contributed by atoms with van der Waals surface area (Å²) in [6, 6.07) is 6.26. The molecule has 0 bridgehead atoms. The Morgan fingerprint density at radius 2 is 1.90 bits per heavy atom. The molecule has 2 unspecified atom stereocenters. The van der Waals surface area contributed by atoms with E-state index in [4.69, 9.17) is 9.72 Å². The van der Waals surface area contributed by atoms with Gasteiger partial charge in [-0.05, 0) is 46.8 Å². The fraction of sp³-hybridized carbons (Fsp3) is 0.688. The summed E-state index contributed by atoms with van der Waals surface area (Å²) in [6.45, 7) is 13.4. The van der Waals surface area contributed by atoms with Gasteiger partial charge >= 0.3 is 0 Å². The van der Waals surface area contributed by atoms with Crippen LogP contribution in [0.15, 0.2) is 18.2 Å². The van der Waals surface area contributed by atoms with E-state index in [9.17, 15) is 0 Å². The average molecular weight is 277 g/mol. The highest BCUT2D eigenvalue weighted by Gasteiger charge is 2.23. The lowest BCUT2D eigenvalue weighted by atomic mass is 10.1. The normalized spacial score (nSPS) is 23.9. The summed E-state index contributed by atoms with van der Waals surface area (Å²) < 4.78 is 5.78. The van der Waals surface area contributed by atoms with Crippen molar-refractivity contribution in [1.82, 2.24) is 10.3 Å². The molecule has 0 amide bonds. The number of aromatic nitrogens is 1.